The minimum atomic E-state index is -0.415. The summed E-state index contributed by atoms with van der Waals surface area (Å²) in [6.07, 6.45) is 5.11. The third kappa shape index (κ3) is 3.15. The van der Waals surface area contributed by atoms with Gasteiger partial charge in [-0.1, -0.05) is 72.8 Å². The Bertz CT molecular complexity index is 747. The molecule has 5 rings (SSSR count). The van der Waals surface area contributed by atoms with E-state index < -0.39 is 12.1 Å². The fourth-order valence-corrected chi connectivity index (χ4v) is 3.84. The van der Waals surface area contributed by atoms with Gasteiger partial charge in [0.05, 0.1) is 0 Å². The molecule has 2 unspecified atom stereocenters. The van der Waals surface area contributed by atoms with Gasteiger partial charge in [-0.3, -0.25) is 9.59 Å². The monoisotopic (exact) mass is 346 g/mol. The Morgan fingerprint density at radius 1 is 0.654 bits per heavy atom. The summed E-state index contributed by atoms with van der Waals surface area (Å²) in [4.78, 5) is 29.9. The van der Waals surface area contributed by atoms with E-state index in [2.05, 4.69) is 0 Å². The van der Waals surface area contributed by atoms with Gasteiger partial charge in [0.15, 0.2) is 0 Å². The van der Waals surface area contributed by atoms with E-state index in [1.165, 1.54) is 0 Å². The number of hydrogen-bond donors (Lipinski definition) is 0. The molecule has 26 heavy (non-hydrogen) atoms. The number of carbonyl (C=O) groups excluding carboxylic acids is 2. The second-order valence-electron chi connectivity index (χ2n) is 6.86. The molecule has 1 fully saturated rings. The average Bonchev–Trinajstić information content (AvgIpc) is 2.66. The van der Waals surface area contributed by atoms with E-state index in [0.717, 1.165) is 11.1 Å². The number of carbonyl (C=O) groups is 2. The molecule has 2 amide bonds. The number of fused-ring (bicyclic) bond motifs is 4. The predicted octanol–water partition coefficient (Wildman–Crippen LogP) is 2.45. The Hall–Kier alpha value is -2.88. The first kappa shape index (κ1) is 16.6. The van der Waals surface area contributed by atoms with Gasteiger partial charge in [0.25, 0.3) is 0 Å². The Morgan fingerprint density at radius 2 is 1.04 bits per heavy atom. The van der Waals surface area contributed by atoms with Gasteiger partial charge in [-0.2, -0.15) is 0 Å². The summed E-state index contributed by atoms with van der Waals surface area (Å²) in [6, 6.07) is 19.0. The zero-order valence-corrected chi connectivity index (χ0v) is 14.6. The smallest absolute Gasteiger partial charge is 0.246 e. The number of nitrogens with zero attached hydrogens (tertiary/aromatic N) is 2. The molecule has 0 N–H and O–H groups in total. The van der Waals surface area contributed by atoms with Crippen LogP contribution in [0.1, 0.15) is 11.1 Å². The first-order valence-corrected chi connectivity index (χ1v) is 9.08. The van der Waals surface area contributed by atoms with Crippen molar-refractivity contribution in [2.45, 2.75) is 24.9 Å². The van der Waals surface area contributed by atoms with Crippen LogP contribution in [-0.2, 0) is 22.4 Å². The summed E-state index contributed by atoms with van der Waals surface area (Å²) in [5.74, 6) is 0.109. The molecule has 0 aromatic heterocycles. The van der Waals surface area contributed by atoms with Crippen molar-refractivity contribution in [2.24, 2.45) is 0 Å². The van der Waals surface area contributed by atoms with E-state index in [4.69, 9.17) is 0 Å². The zero-order chi connectivity index (χ0) is 17.9. The minimum Gasteiger partial charge on any atom is -0.325 e. The molecule has 2 aromatic carbocycles. The van der Waals surface area contributed by atoms with Crippen molar-refractivity contribution in [2.75, 3.05) is 13.1 Å². The van der Waals surface area contributed by atoms with Crippen molar-refractivity contribution >= 4 is 11.8 Å². The van der Waals surface area contributed by atoms with Gasteiger partial charge >= 0.3 is 0 Å². The van der Waals surface area contributed by atoms with E-state index in [1.54, 1.807) is 9.80 Å². The SMILES string of the molecule is O=C1C(Cc2ccccc2)N2C/C=C\CN1C(Cc1ccccc1)C2=O. The van der Waals surface area contributed by atoms with Crippen LogP contribution in [0.4, 0.5) is 0 Å². The number of piperazine rings is 1. The lowest BCUT2D eigenvalue weighted by Crippen LogP contribution is -2.66. The number of amides is 2. The molecule has 3 aliphatic heterocycles. The standard InChI is InChI=1S/C22H22N2O2/c25-21-19(15-17-9-3-1-4-10-17)23-13-7-8-14-24(21)20(22(23)26)16-18-11-5-2-6-12-18/h1-12,19-20H,13-16H2/b8-7-. The van der Waals surface area contributed by atoms with Crippen LogP contribution >= 0.6 is 0 Å². The highest BCUT2D eigenvalue weighted by atomic mass is 16.2. The first-order valence-electron chi connectivity index (χ1n) is 9.08. The maximum absolute atomic E-state index is 13.2. The lowest BCUT2D eigenvalue weighted by molar-refractivity contribution is -0.160. The van der Waals surface area contributed by atoms with Crippen molar-refractivity contribution in [3.05, 3.63) is 83.9 Å². The van der Waals surface area contributed by atoms with Gasteiger partial charge in [0, 0.05) is 25.9 Å². The van der Waals surface area contributed by atoms with Crippen LogP contribution in [-0.4, -0.2) is 46.8 Å². The highest BCUT2D eigenvalue weighted by Gasteiger charge is 2.45. The number of rotatable bonds is 4. The largest absolute Gasteiger partial charge is 0.325 e. The summed E-state index contributed by atoms with van der Waals surface area (Å²) in [7, 11) is 0. The van der Waals surface area contributed by atoms with Gasteiger partial charge in [-0.25, -0.2) is 0 Å². The Labute approximate surface area is 153 Å². The van der Waals surface area contributed by atoms with E-state index in [9.17, 15) is 9.59 Å². The molecule has 0 radical (unpaired) electrons. The molecular formula is C22H22N2O2. The van der Waals surface area contributed by atoms with Gasteiger partial charge in [-0.15, -0.1) is 0 Å². The second kappa shape index (κ2) is 7.16. The van der Waals surface area contributed by atoms with Gasteiger partial charge in [-0.05, 0) is 11.1 Å². The lowest BCUT2D eigenvalue weighted by Gasteiger charge is -2.46. The van der Waals surface area contributed by atoms with Crippen LogP contribution in [0.3, 0.4) is 0 Å². The lowest BCUT2D eigenvalue weighted by atomic mass is 9.93. The topological polar surface area (TPSA) is 40.6 Å². The normalized spacial score (nSPS) is 23.7. The molecule has 3 aliphatic rings. The molecule has 0 spiro atoms. The molecule has 2 aromatic rings. The number of hydrogen-bond acceptors (Lipinski definition) is 2. The summed E-state index contributed by atoms with van der Waals surface area (Å²) in [5, 5.41) is 0. The molecule has 2 bridgehead atoms. The Kier molecular flexibility index (Phi) is 4.57. The van der Waals surface area contributed by atoms with Gasteiger partial charge in [0.1, 0.15) is 12.1 Å². The van der Waals surface area contributed by atoms with Gasteiger partial charge in [0.2, 0.25) is 11.8 Å². The second-order valence-corrected chi connectivity index (χ2v) is 6.86. The number of benzene rings is 2. The summed E-state index contributed by atoms with van der Waals surface area (Å²) in [6.45, 7) is 1.00. The maximum atomic E-state index is 13.2. The molecular weight excluding hydrogens is 324 g/mol. The minimum absolute atomic E-state index is 0.0544. The van der Waals surface area contributed by atoms with Crippen molar-refractivity contribution < 1.29 is 9.59 Å². The van der Waals surface area contributed by atoms with Crippen molar-refractivity contribution in [3.8, 4) is 0 Å². The van der Waals surface area contributed by atoms with Gasteiger partial charge < -0.3 is 9.80 Å². The summed E-state index contributed by atoms with van der Waals surface area (Å²) >= 11 is 0. The first-order chi connectivity index (χ1) is 12.7. The average molecular weight is 346 g/mol. The molecule has 2 atom stereocenters. The van der Waals surface area contributed by atoms with Crippen LogP contribution in [0, 0.1) is 0 Å². The maximum Gasteiger partial charge on any atom is 0.246 e. The third-order valence-corrected chi connectivity index (χ3v) is 5.20. The van der Waals surface area contributed by atoms with Crippen molar-refractivity contribution in [3.63, 3.8) is 0 Å². The Morgan fingerprint density at radius 3 is 1.42 bits per heavy atom. The molecule has 0 aliphatic carbocycles. The van der Waals surface area contributed by atoms with E-state index in [1.807, 2.05) is 72.8 Å². The van der Waals surface area contributed by atoms with Crippen LogP contribution in [0.5, 0.6) is 0 Å². The molecule has 4 nitrogen and oxygen atoms in total. The fourth-order valence-electron chi connectivity index (χ4n) is 3.84. The molecule has 1 saturated heterocycles. The quantitative estimate of drug-likeness (QED) is 0.798. The van der Waals surface area contributed by atoms with Crippen LogP contribution in [0.25, 0.3) is 0 Å². The van der Waals surface area contributed by atoms with Crippen molar-refractivity contribution in [1.29, 1.82) is 0 Å². The summed E-state index contributed by atoms with van der Waals surface area (Å²) < 4.78 is 0. The Balaban J connectivity index is 1.63. The highest BCUT2D eigenvalue weighted by molar-refractivity contribution is 5.97. The third-order valence-electron chi connectivity index (χ3n) is 5.20. The van der Waals surface area contributed by atoms with Crippen LogP contribution in [0.2, 0.25) is 0 Å². The summed E-state index contributed by atoms with van der Waals surface area (Å²) in [5.41, 5.74) is 2.16. The molecule has 132 valence electrons. The predicted molar refractivity (Wildman–Crippen MR) is 100 cm³/mol. The molecule has 3 heterocycles. The van der Waals surface area contributed by atoms with E-state index in [0.29, 0.717) is 25.9 Å². The zero-order valence-electron chi connectivity index (χ0n) is 14.6. The fraction of sp³-hybridized carbons (Fsp3) is 0.273. The molecule has 0 saturated carbocycles. The van der Waals surface area contributed by atoms with E-state index in [-0.39, 0.29) is 11.8 Å². The van der Waals surface area contributed by atoms with Crippen LogP contribution < -0.4 is 0 Å². The molecule has 4 heteroatoms. The highest BCUT2D eigenvalue weighted by Crippen LogP contribution is 2.25. The van der Waals surface area contributed by atoms with E-state index >= 15 is 0 Å². The van der Waals surface area contributed by atoms with Crippen LogP contribution in [0.15, 0.2) is 72.8 Å². The van der Waals surface area contributed by atoms with Crippen molar-refractivity contribution in [1.82, 2.24) is 9.80 Å².